The van der Waals surface area contributed by atoms with Gasteiger partial charge in [0.05, 0.1) is 11.7 Å². The lowest BCUT2D eigenvalue weighted by Crippen LogP contribution is -2.69. The third-order valence-electron chi connectivity index (χ3n) is 3.43. The zero-order chi connectivity index (χ0) is 14.3. The molecule has 1 fully saturated rings. The molecular formula is C13H15Cl2N3O3S. The Morgan fingerprint density at radius 2 is 2.00 bits per heavy atom. The van der Waals surface area contributed by atoms with E-state index in [-0.39, 0.29) is 41.8 Å². The number of β-lactam (4-membered cyclic amide) rings is 1. The van der Waals surface area contributed by atoms with Gasteiger partial charge in [-0.3, -0.25) is 9.69 Å². The quantitative estimate of drug-likeness (QED) is 0.553. The van der Waals surface area contributed by atoms with Gasteiger partial charge in [0.2, 0.25) is 5.91 Å². The summed E-state index contributed by atoms with van der Waals surface area (Å²) in [5, 5.41) is 11.1. The maximum absolute atomic E-state index is 11.8. The molecule has 0 aromatic carbocycles. The number of carboxylic acids is 1. The van der Waals surface area contributed by atoms with Crippen LogP contribution >= 0.6 is 36.6 Å². The van der Waals surface area contributed by atoms with Crippen LogP contribution < -0.4 is 15.4 Å². The Bertz CT molecular complexity index is 612. The minimum atomic E-state index is -1.32. The molecule has 2 atom stereocenters. The molecular weight excluding hydrogens is 349 g/mol. The van der Waals surface area contributed by atoms with Gasteiger partial charge in [0.1, 0.15) is 11.4 Å². The van der Waals surface area contributed by atoms with E-state index in [4.69, 9.17) is 5.73 Å². The first kappa shape index (κ1) is 18.8. The zero-order valence-electron chi connectivity index (χ0n) is 11.4. The molecule has 120 valence electrons. The summed E-state index contributed by atoms with van der Waals surface area (Å²) >= 11 is 1.49. The molecule has 22 heavy (non-hydrogen) atoms. The smallest absolute Gasteiger partial charge is 0.248 e. The highest BCUT2D eigenvalue weighted by Crippen LogP contribution is 2.39. The number of aromatic nitrogens is 1. The average Bonchev–Trinajstić information content (AvgIpc) is 2.46. The van der Waals surface area contributed by atoms with Gasteiger partial charge in [-0.2, -0.15) is 0 Å². The molecule has 9 heteroatoms. The summed E-state index contributed by atoms with van der Waals surface area (Å²) in [6.45, 7) is 0.420. The van der Waals surface area contributed by atoms with Crippen LogP contribution in [0.5, 0.6) is 0 Å². The van der Waals surface area contributed by atoms with Gasteiger partial charge in [0.15, 0.2) is 18.9 Å². The average molecular weight is 364 g/mol. The molecule has 0 radical (unpaired) electrons. The second-order valence-corrected chi connectivity index (χ2v) is 5.83. The van der Waals surface area contributed by atoms with E-state index in [0.29, 0.717) is 17.9 Å². The van der Waals surface area contributed by atoms with E-state index in [1.165, 1.54) is 16.7 Å². The van der Waals surface area contributed by atoms with Crippen molar-refractivity contribution in [3.63, 3.8) is 0 Å². The number of rotatable bonds is 3. The summed E-state index contributed by atoms with van der Waals surface area (Å²) < 4.78 is 1.86. The van der Waals surface area contributed by atoms with Crippen LogP contribution in [-0.2, 0) is 16.1 Å². The standard InChI is InChI=1S/C13H13N3O3S.2ClH/c14-9-11(17)16-10(13(18)19)8(7-20-12(9)16)6-15-4-2-1-3-5-15;;/h1-5,9,12H,6-7,14H2;2*1H/t9?,12-;;/m0../s1. The number of carbonyl (C=O) groups is 2. The van der Waals surface area contributed by atoms with E-state index in [0.717, 1.165) is 0 Å². The van der Waals surface area contributed by atoms with Gasteiger partial charge >= 0.3 is 0 Å². The number of hydrogen-bond acceptors (Lipinski definition) is 5. The fraction of sp³-hybridized carbons (Fsp3) is 0.308. The van der Waals surface area contributed by atoms with Crippen molar-refractivity contribution in [3.05, 3.63) is 41.9 Å². The van der Waals surface area contributed by atoms with Crippen molar-refractivity contribution in [2.45, 2.75) is 18.0 Å². The topological polar surface area (TPSA) is 90.3 Å². The first-order valence-corrected chi connectivity index (χ1v) is 7.22. The maximum Gasteiger partial charge on any atom is 0.248 e. The van der Waals surface area contributed by atoms with Crippen LogP contribution in [0, 0.1) is 0 Å². The van der Waals surface area contributed by atoms with Crippen LogP contribution in [0.1, 0.15) is 0 Å². The number of carboxylic acid groups (broad SMARTS) is 1. The summed E-state index contributed by atoms with van der Waals surface area (Å²) in [7, 11) is 0. The van der Waals surface area contributed by atoms with E-state index in [1.807, 2.05) is 35.2 Å². The Morgan fingerprint density at radius 3 is 2.59 bits per heavy atom. The SMILES string of the molecule is Cl.Cl.NC1C(=O)N2C(C(=O)[O-])=C(C[n+]3ccccc3)CS[C@@H]12. The van der Waals surface area contributed by atoms with Crippen LogP contribution in [0.3, 0.4) is 0 Å². The van der Waals surface area contributed by atoms with Gasteiger partial charge in [0, 0.05) is 23.5 Å². The summed E-state index contributed by atoms with van der Waals surface area (Å²) in [5.74, 6) is -1.13. The van der Waals surface area contributed by atoms with E-state index in [2.05, 4.69) is 0 Å². The number of pyridine rings is 1. The Kier molecular flexibility index (Phi) is 6.25. The molecule has 0 aliphatic carbocycles. The van der Waals surface area contributed by atoms with E-state index >= 15 is 0 Å². The Morgan fingerprint density at radius 1 is 1.36 bits per heavy atom. The van der Waals surface area contributed by atoms with Gasteiger partial charge in [0.25, 0.3) is 0 Å². The van der Waals surface area contributed by atoms with Crippen molar-refractivity contribution >= 4 is 48.5 Å². The molecule has 3 heterocycles. The first-order valence-electron chi connectivity index (χ1n) is 6.17. The summed E-state index contributed by atoms with van der Waals surface area (Å²) in [6.07, 6.45) is 3.70. The summed E-state index contributed by atoms with van der Waals surface area (Å²) in [4.78, 5) is 24.4. The number of nitrogens with two attached hydrogens (primary N) is 1. The second kappa shape index (κ2) is 7.32. The Labute approximate surface area is 144 Å². The predicted octanol–water partition coefficient (Wildman–Crippen LogP) is -0.936. The third-order valence-corrected chi connectivity index (χ3v) is 4.79. The molecule has 2 N–H and O–H groups in total. The van der Waals surface area contributed by atoms with E-state index < -0.39 is 12.0 Å². The van der Waals surface area contributed by atoms with Gasteiger partial charge in [-0.15, -0.1) is 36.6 Å². The Hall–Kier alpha value is -1.28. The molecule has 0 spiro atoms. The van der Waals surface area contributed by atoms with Crippen LogP contribution in [0.4, 0.5) is 0 Å². The summed E-state index contributed by atoms with van der Waals surface area (Å²) in [6, 6.07) is 5.00. The lowest BCUT2D eigenvalue weighted by molar-refractivity contribution is -0.689. The minimum Gasteiger partial charge on any atom is -0.543 e. The summed E-state index contributed by atoms with van der Waals surface area (Å²) in [5.41, 5.74) is 6.34. The third kappa shape index (κ3) is 3.08. The lowest BCUT2D eigenvalue weighted by Gasteiger charge is -2.49. The van der Waals surface area contributed by atoms with Crippen LogP contribution in [0.2, 0.25) is 0 Å². The van der Waals surface area contributed by atoms with Crippen LogP contribution in [0.25, 0.3) is 0 Å². The maximum atomic E-state index is 11.8. The molecule has 0 saturated carbocycles. The predicted molar refractivity (Wildman–Crippen MR) is 84.2 cm³/mol. The molecule has 1 saturated heterocycles. The normalized spacial score (nSPS) is 23.0. The van der Waals surface area contributed by atoms with Crippen molar-refractivity contribution < 1.29 is 19.3 Å². The number of fused-ring (bicyclic) bond motifs is 1. The fourth-order valence-electron chi connectivity index (χ4n) is 2.45. The molecule has 6 nitrogen and oxygen atoms in total. The molecule has 1 aromatic rings. The fourth-order valence-corrected chi connectivity index (χ4v) is 3.73. The van der Waals surface area contributed by atoms with Crippen molar-refractivity contribution in [1.82, 2.24) is 4.90 Å². The monoisotopic (exact) mass is 363 g/mol. The largest absolute Gasteiger partial charge is 0.543 e. The second-order valence-electron chi connectivity index (χ2n) is 4.72. The van der Waals surface area contributed by atoms with Gasteiger partial charge in [-0.25, -0.2) is 4.57 Å². The number of amides is 1. The van der Waals surface area contributed by atoms with Crippen molar-refractivity contribution in [2.75, 3.05) is 5.75 Å². The number of thioether (sulfide) groups is 1. The van der Waals surface area contributed by atoms with Gasteiger partial charge in [-0.1, -0.05) is 6.07 Å². The molecule has 2 aliphatic heterocycles. The molecule has 1 amide bonds. The number of nitrogens with zero attached hydrogens (tertiary/aromatic N) is 2. The Balaban J connectivity index is 0.00000121. The molecule has 0 bridgehead atoms. The van der Waals surface area contributed by atoms with Crippen LogP contribution in [0.15, 0.2) is 41.9 Å². The number of hydrogen-bond donors (Lipinski definition) is 1. The zero-order valence-corrected chi connectivity index (χ0v) is 13.8. The molecule has 1 unspecified atom stereocenters. The van der Waals surface area contributed by atoms with Crippen LogP contribution in [-0.4, -0.2) is 33.9 Å². The number of aliphatic carboxylic acids is 1. The van der Waals surface area contributed by atoms with Crippen molar-refractivity contribution in [3.8, 4) is 0 Å². The first-order chi connectivity index (χ1) is 9.59. The molecule has 2 aliphatic rings. The number of carbonyl (C=O) groups excluding carboxylic acids is 2. The lowest BCUT2D eigenvalue weighted by atomic mass is 10.0. The van der Waals surface area contributed by atoms with Crippen molar-refractivity contribution in [2.24, 2.45) is 5.73 Å². The van der Waals surface area contributed by atoms with Gasteiger partial charge < -0.3 is 15.6 Å². The minimum absolute atomic E-state index is 0. The highest BCUT2D eigenvalue weighted by atomic mass is 35.5. The van der Waals surface area contributed by atoms with E-state index in [9.17, 15) is 14.7 Å². The number of halogens is 2. The van der Waals surface area contributed by atoms with Gasteiger partial charge in [-0.05, 0) is 0 Å². The van der Waals surface area contributed by atoms with Crippen molar-refractivity contribution in [1.29, 1.82) is 0 Å². The highest BCUT2D eigenvalue weighted by molar-refractivity contribution is 8.00. The molecule has 3 rings (SSSR count). The highest BCUT2D eigenvalue weighted by Gasteiger charge is 2.50. The van der Waals surface area contributed by atoms with E-state index in [1.54, 1.807) is 0 Å². The molecule has 1 aromatic heterocycles.